The van der Waals surface area contributed by atoms with Crippen LogP contribution in [-0.2, 0) is 13.0 Å². The molecule has 0 amide bonds. The third kappa shape index (κ3) is 3.83. The van der Waals surface area contributed by atoms with E-state index in [4.69, 9.17) is 5.11 Å². The van der Waals surface area contributed by atoms with Gasteiger partial charge < -0.3 is 10.2 Å². The van der Waals surface area contributed by atoms with Crippen LogP contribution in [0.3, 0.4) is 0 Å². The molecule has 0 aliphatic heterocycles. The maximum absolute atomic E-state index is 10.3. The van der Waals surface area contributed by atoms with Gasteiger partial charge in [0.2, 0.25) is 0 Å². The molecule has 0 bridgehead atoms. The van der Waals surface area contributed by atoms with Gasteiger partial charge in [0.05, 0.1) is 12.7 Å². The first-order valence-corrected chi connectivity index (χ1v) is 7.77. The van der Waals surface area contributed by atoms with Crippen molar-refractivity contribution < 1.29 is 10.2 Å². The SMILES string of the molecule is CC(C)(C)C1CCC(O)C(Cc2ccc(CO)cc2)C1. The van der Waals surface area contributed by atoms with Crippen molar-refractivity contribution in [1.82, 2.24) is 0 Å². The van der Waals surface area contributed by atoms with E-state index in [-0.39, 0.29) is 12.7 Å². The highest BCUT2D eigenvalue weighted by molar-refractivity contribution is 5.22. The summed E-state index contributed by atoms with van der Waals surface area (Å²) in [6.45, 7) is 7.02. The summed E-state index contributed by atoms with van der Waals surface area (Å²) in [4.78, 5) is 0. The fraction of sp³-hybridized carbons (Fsp3) is 0.667. The largest absolute Gasteiger partial charge is 0.393 e. The van der Waals surface area contributed by atoms with E-state index < -0.39 is 0 Å². The van der Waals surface area contributed by atoms with E-state index in [1.54, 1.807) is 0 Å². The third-order valence-corrected chi connectivity index (χ3v) is 4.87. The normalized spacial score (nSPS) is 27.6. The zero-order chi connectivity index (χ0) is 14.8. The predicted octanol–water partition coefficient (Wildman–Crippen LogP) is 3.54. The van der Waals surface area contributed by atoms with Gasteiger partial charge in [-0.15, -0.1) is 0 Å². The van der Waals surface area contributed by atoms with Gasteiger partial charge in [-0.25, -0.2) is 0 Å². The summed E-state index contributed by atoms with van der Waals surface area (Å²) in [7, 11) is 0. The van der Waals surface area contributed by atoms with Crippen molar-refractivity contribution in [3.63, 3.8) is 0 Å². The van der Waals surface area contributed by atoms with Gasteiger partial charge in [-0.3, -0.25) is 0 Å². The molecule has 2 rings (SSSR count). The Balaban J connectivity index is 2.02. The average Bonchev–Trinajstić information content (AvgIpc) is 2.41. The minimum absolute atomic E-state index is 0.0957. The van der Waals surface area contributed by atoms with E-state index in [1.807, 2.05) is 12.1 Å². The summed E-state index contributed by atoms with van der Waals surface area (Å²) >= 11 is 0. The van der Waals surface area contributed by atoms with E-state index in [1.165, 1.54) is 5.56 Å². The summed E-state index contributed by atoms with van der Waals surface area (Å²) in [5.74, 6) is 1.07. The number of aliphatic hydroxyl groups is 2. The van der Waals surface area contributed by atoms with E-state index in [9.17, 15) is 5.11 Å². The Bertz CT molecular complexity index is 416. The molecule has 2 heteroatoms. The number of aliphatic hydroxyl groups excluding tert-OH is 2. The first-order chi connectivity index (χ1) is 9.40. The quantitative estimate of drug-likeness (QED) is 0.886. The zero-order valence-corrected chi connectivity index (χ0v) is 13.0. The molecule has 0 heterocycles. The van der Waals surface area contributed by atoms with Crippen LogP contribution < -0.4 is 0 Å². The van der Waals surface area contributed by atoms with Gasteiger partial charge in [0.1, 0.15) is 0 Å². The molecule has 1 fully saturated rings. The summed E-state index contributed by atoms with van der Waals surface area (Å²) in [5, 5.41) is 19.4. The lowest BCUT2D eigenvalue weighted by Gasteiger charge is -2.40. The molecule has 2 N–H and O–H groups in total. The van der Waals surface area contributed by atoms with Crippen molar-refractivity contribution >= 4 is 0 Å². The molecular weight excluding hydrogens is 248 g/mol. The lowest BCUT2D eigenvalue weighted by molar-refractivity contribution is 0.0196. The molecular formula is C18H28O2. The number of rotatable bonds is 3. The molecule has 3 atom stereocenters. The zero-order valence-electron chi connectivity index (χ0n) is 13.0. The standard InChI is InChI=1S/C18H28O2/c1-18(2,3)16-8-9-17(20)15(11-16)10-13-4-6-14(12-19)7-5-13/h4-7,15-17,19-20H,8-12H2,1-3H3. The Morgan fingerprint density at radius 1 is 1.05 bits per heavy atom. The minimum Gasteiger partial charge on any atom is -0.393 e. The van der Waals surface area contributed by atoms with E-state index >= 15 is 0 Å². The van der Waals surface area contributed by atoms with Crippen LogP contribution in [0, 0.1) is 17.3 Å². The molecule has 0 aromatic heterocycles. The molecule has 0 spiro atoms. The smallest absolute Gasteiger partial charge is 0.0681 e. The summed E-state index contributed by atoms with van der Waals surface area (Å²) in [6, 6.07) is 8.12. The molecule has 1 aliphatic rings. The first-order valence-electron chi connectivity index (χ1n) is 7.77. The fourth-order valence-electron chi connectivity index (χ4n) is 3.34. The van der Waals surface area contributed by atoms with Crippen molar-refractivity contribution in [3.8, 4) is 0 Å². The molecule has 1 aromatic rings. The van der Waals surface area contributed by atoms with Gasteiger partial charge in [-0.1, -0.05) is 45.0 Å². The first kappa shape index (κ1) is 15.5. The van der Waals surface area contributed by atoms with Crippen LogP contribution in [0.2, 0.25) is 0 Å². The Kier molecular flexibility index (Phi) is 4.87. The van der Waals surface area contributed by atoms with Crippen molar-refractivity contribution in [2.75, 3.05) is 0 Å². The van der Waals surface area contributed by atoms with Gasteiger partial charge in [0.15, 0.2) is 0 Å². The maximum Gasteiger partial charge on any atom is 0.0681 e. The Labute approximate surface area is 122 Å². The highest BCUT2D eigenvalue weighted by atomic mass is 16.3. The Hall–Kier alpha value is -0.860. The summed E-state index contributed by atoms with van der Waals surface area (Å²) < 4.78 is 0. The summed E-state index contributed by atoms with van der Waals surface area (Å²) in [5.41, 5.74) is 2.55. The fourth-order valence-corrected chi connectivity index (χ4v) is 3.34. The second-order valence-electron chi connectivity index (χ2n) is 7.38. The molecule has 1 aromatic carbocycles. The maximum atomic E-state index is 10.3. The van der Waals surface area contributed by atoms with Crippen LogP contribution in [0.4, 0.5) is 0 Å². The molecule has 112 valence electrons. The van der Waals surface area contributed by atoms with Crippen molar-refractivity contribution in [1.29, 1.82) is 0 Å². The van der Waals surface area contributed by atoms with E-state index in [2.05, 4.69) is 32.9 Å². The second-order valence-corrected chi connectivity index (χ2v) is 7.38. The van der Waals surface area contributed by atoms with Crippen molar-refractivity contribution in [3.05, 3.63) is 35.4 Å². The number of hydrogen-bond acceptors (Lipinski definition) is 2. The molecule has 0 radical (unpaired) electrons. The van der Waals surface area contributed by atoms with Crippen LogP contribution in [0.15, 0.2) is 24.3 Å². The van der Waals surface area contributed by atoms with Gasteiger partial charge in [-0.2, -0.15) is 0 Å². The lowest BCUT2D eigenvalue weighted by atomic mass is 9.67. The van der Waals surface area contributed by atoms with Crippen molar-refractivity contribution in [2.24, 2.45) is 17.3 Å². The van der Waals surface area contributed by atoms with Gasteiger partial charge in [-0.05, 0) is 54.1 Å². The highest BCUT2D eigenvalue weighted by Gasteiger charge is 2.34. The second kappa shape index (κ2) is 6.28. The number of benzene rings is 1. The van der Waals surface area contributed by atoms with Crippen LogP contribution in [-0.4, -0.2) is 16.3 Å². The Morgan fingerprint density at radius 3 is 2.20 bits per heavy atom. The van der Waals surface area contributed by atoms with Crippen LogP contribution in [0.5, 0.6) is 0 Å². The van der Waals surface area contributed by atoms with Crippen LogP contribution in [0.1, 0.15) is 51.2 Å². The minimum atomic E-state index is -0.161. The third-order valence-electron chi connectivity index (χ3n) is 4.87. The van der Waals surface area contributed by atoms with Gasteiger partial charge in [0, 0.05) is 0 Å². The van der Waals surface area contributed by atoms with Gasteiger partial charge >= 0.3 is 0 Å². The Morgan fingerprint density at radius 2 is 1.65 bits per heavy atom. The molecule has 20 heavy (non-hydrogen) atoms. The lowest BCUT2D eigenvalue weighted by Crippen LogP contribution is -2.35. The number of hydrogen-bond donors (Lipinski definition) is 2. The monoisotopic (exact) mass is 276 g/mol. The van der Waals surface area contributed by atoms with Crippen LogP contribution in [0.25, 0.3) is 0 Å². The molecule has 0 saturated heterocycles. The van der Waals surface area contributed by atoms with E-state index in [0.29, 0.717) is 17.3 Å². The van der Waals surface area contributed by atoms with Gasteiger partial charge in [0.25, 0.3) is 0 Å². The molecule has 1 aliphatic carbocycles. The molecule has 3 unspecified atom stereocenters. The molecule has 1 saturated carbocycles. The van der Waals surface area contributed by atoms with E-state index in [0.717, 1.165) is 31.2 Å². The van der Waals surface area contributed by atoms with Crippen LogP contribution >= 0.6 is 0 Å². The summed E-state index contributed by atoms with van der Waals surface area (Å²) in [6.07, 6.45) is 3.98. The van der Waals surface area contributed by atoms with Crippen molar-refractivity contribution in [2.45, 2.75) is 59.2 Å². The predicted molar refractivity (Wildman–Crippen MR) is 82.4 cm³/mol. The average molecular weight is 276 g/mol. The highest BCUT2D eigenvalue weighted by Crippen LogP contribution is 2.41. The topological polar surface area (TPSA) is 40.5 Å². The molecule has 2 nitrogen and oxygen atoms in total.